The first-order valence-corrected chi connectivity index (χ1v) is 10.3. The van der Waals surface area contributed by atoms with Crippen LogP contribution in [-0.2, 0) is 4.74 Å². The number of ether oxygens (including phenoxy) is 1. The zero-order valence-electron chi connectivity index (χ0n) is 17.6. The van der Waals surface area contributed by atoms with Gasteiger partial charge in [0.1, 0.15) is 22.3 Å². The molecule has 4 heterocycles. The quantitative estimate of drug-likeness (QED) is 0.576. The van der Waals surface area contributed by atoms with Crippen LogP contribution in [0.25, 0.3) is 22.2 Å². The van der Waals surface area contributed by atoms with E-state index in [1.807, 2.05) is 32.9 Å². The third-order valence-corrected chi connectivity index (χ3v) is 5.15. The molecule has 0 unspecified atom stereocenters. The number of rotatable bonds is 2. The highest BCUT2D eigenvalue weighted by molar-refractivity contribution is 6.30. The van der Waals surface area contributed by atoms with E-state index in [-0.39, 0.29) is 0 Å². The first kappa shape index (κ1) is 20.6. The molecule has 0 aliphatic carbocycles. The lowest BCUT2D eigenvalue weighted by atomic mass is 10.1. The second-order valence-electron chi connectivity index (χ2n) is 8.46. The number of piperazine rings is 1. The van der Waals surface area contributed by atoms with Gasteiger partial charge in [0.2, 0.25) is 0 Å². The van der Waals surface area contributed by atoms with Crippen LogP contribution in [0.5, 0.6) is 0 Å². The second kappa shape index (κ2) is 7.85. The Morgan fingerprint density at radius 3 is 2.47 bits per heavy atom. The molecule has 8 nitrogen and oxygen atoms in total. The van der Waals surface area contributed by atoms with Gasteiger partial charge in [-0.05, 0) is 46.0 Å². The molecule has 4 rings (SSSR count). The van der Waals surface area contributed by atoms with Crippen LogP contribution < -0.4 is 4.90 Å². The topological polar surface area (TPSA) is 76.4 Å². The van der Waals surface area contributed by atoms with Crippen molar-refractivity contribution in [3.63, 3.8) is 0 Å². The van der Waals surface area contributed by atoms with Crippen LogP contribution in [-0.4, -0.2) is 69.6 Å². The highest BCUT2D eigenvalue weighted by Crippen LogP contribution is 2.30. The van der Waals surface area contributed by atoms with Gasteiger partial charge >= 0.3 is 6.09 Å². The molecular weight excluding hydrogens is 404 g/mol. The fourth-order valence-corrected chi connectivity index (χ4v) is 3.55. The normalized spacial score (nSPS) is 15.6. The molecule has 0 saturated carbocycles. The van der Waals surface area contributed by atoms with Gasteiger partial charge in [0.05, 0.1) is 11.7 Å². The summed E-state index contributed by atoms with van der Waals surface area (Å²) in [6.07, 6.45) is 2.75. The molecule has 1 saturated heterocycles. The lowest BCUT2D eigenvalue weighted by Crippen LogP contribution is -2.44. The predicted octanol–water partition coefficient (Wildman–Crippen LogP) is 3.68. The molecule has 30 heavy (non-hydrogen) atoms. The largest absolute Gasteiger partial charge is 0.442 e. The van der Waals surface area contributed by atoms with Crippen molar-refractivity contribution in [1.29, 1.82) is 0 Å². The van der Waals surface area contributed by atoms with Crippen LogP contribution in [0.3, 0.4) is 0 Å². The number of fused-ring (bicyclic) bond motifs is 1. The van der Waals surface area contributed by atoms with E-state index in [0.717, 1.165) is 42.9 Å². The van der Waals surface area contributed by atoms with E-state index in [2.05, 4.69) is 31.9 Å². The SMILES string of the molecule is CN1CCN(c2ccc(-c3nn(C(=O)OC(C)(C)C)c4cnc(Cl)cc34)cn2)CC1. The molecule has 3 aromatic rings. The van der Waals surface area contributed by atoms with E-state index in [9.17, 15) is 4.79 Å². The molecule has 0 aromatic carbocycles. The molecule has 1 aliphatic rings. The molecule has 0 radical (unpaired) electrons. The number of carbonyl (C=O) groups excluding carboxylic acids is 1. The molecule has 9 heteroatoms. The van der Waals surface area contributed by atoms with Crippen LogP contribution in [0.4, 0.5) is 10.6 Å². The molecule has 1 fully saturated rings. The summed E-state index contributed by atoms with van der Waals surface area (Å²) in [5, 5.41) is 5.57. The summed E-state index contributed by atoms with van der Waals surface area (Å²) < 4.78 is 6.72. The van der Waals surface area contributed by atoms with E-state index < -0.39 is 11.7 Å². The van der Waals surface area contributed by atoms with Gasteiger partial charge in [-0.25, -0.2) is 14.8 Å². The Balaban J connectivity index is 1.70. The van der Waals surface area contributed by atoms with E-state index in [1.54, 1.807) is 12.3 Å². The molecule has 0 bridgehead atoms. The summed E-state index contributed by atoms with van der Waals surface area (Å²) in [7, 11) is 2.12. The summed E-state index contributed by atoms with van der Waals surface area (Å²) in [6, 6.07) is 5.66. The Morgan fingerprint density at radius 1 is 1.10 bits per heavy atom. The smallest absolute Gasteiger partial charge is 0.435 e. The van der Waals surface area contributed by atoms with E-state index in [4.69, 9.17) is 16.3 Å². The van der Waals surface area contributed by atoms with Crippen molar-refractivity contribution in [2.75, 3.05) is 38.1 Å². The lowest BCUT2D eigenvalue weighted by molar-refractivity contribution is 0.0523. The summed E-state index contributed by atoms with van der Waals surface area (Å²) >= 11 is 6.12. The highest BCUT2D eigenvalue weighted by Gasteiger charge is 2.23. The summed E-state index contributed by atoms with van der Waals surface area (Å²) in [6.45, 7) is 9.36. The fraction of sp³-hybridized carbons (Fsp3) is 0.429. The molecule has 0 N–H and O–H groups in total. The first-order chi connectivity index (χ1) is 14.2. The molecule has 3 aromatic heterocycles. The van der Waals surface area contributed by atoms with Gasteiger partial charge in [-0.15, -0.1) is 0 Å². The summed E-state index contributed by atoms with van der Waals surface area (Å²) in [4.78, 5) is 26.0. The average molecular weight is 429 g/mol. The third kappa shape index (κ3) is 4.24. The van der Waals surface area contributed by atoms with Gasteiger partial charge in [0.25, 0.3) is 0 Å². The number of hydrogen-bond donors (Lipinski definition) is 0. The molecule has 0 amide bonds. The van der Waals surface area contributed by atoms with Crippen molar-refractivity contribution < 1.29 is 9.53 Å². The Labute approximate surface area is 180 Å². The van der Waals surface area contributed by atoms with Gasteiger partial charge < -0.3 is 14.5 Å². The number of anilines is 1. The lowest BCUT2D eigenvalue weighted by Gasteiger charge is -2.33. The minimum absolute atomic E-state index is 0.328. The second-order valence-corrected chi connectivity index (χ2v) is 8.85. The highest BCUT2D eigenvalue weighted by atomic mass is 35.5. The minimum atomic E-state index is -0.638. The van der Waals surface area contributed by atoms with Crippen molar-refractivity contribution in [2.24, 2.45) is 0 Å². The first-order valence-electron chi connectivity index (χ1n) is 9.89. The van der Waals surface area contributed by atoms with Crippen molar-refractivity contribution in [3.05, 3.63) is 35.7 Å². The van der Waals surface area contributed by atoms with Crippen molar-refractivity contribution in [2.45, 2.75) is 26.4 Å². The van der Waals surface area contributed by atoms with Gasteiger partial charge in [-0.3, -0.25) is 0 Å². The van der Waals surface area contributed by atoms with Crippen LogP contribution in [0.1, 0.15) is 20.8 Å². The van der Waals surface area contributed by atoms with Crippen molar-refractivity contribution >= 4 is 34.4 Å². The van der Waals surface area contributed by atoms with Gasteiger partial charge in [0, 0.05) is 43.3 Å². The number of hydrogen-bond acceptors (Lipinski definition) is 7. The number of halogens is 1. The average Bonchev–Trinajstić information content (AvgIpc) is 3.06. The van der Waals surface area contributed by atoms with E-state index in [0.29, 0.717) is 16.4 Å². The number of nitrogens with zero attached hydrogens (tertiary/aromatic N) is 6. The van der Waals surface area contributed by atoms with Crippen molar-refractivity contribution in [1.82, 2.24) is 24.6 Å². The van der Waals surface area contributed by atoms with Crippen LogP contribution in [0.2, 0.25) is 5.15 Å². The predicted molar refractivity (Wildman–Crippen MR) is 117 cm³/mol. The number of carbonyl (C=O) groups is 1. The maximum absolute atomic E-state index is 12.7. The van der Waals surface area contributed by atoms with Gasteiger partial charge in [-0.2, -0.15) is 9.78 Å². The maximum atomic E-state index is 12.7. The summed E-state index contributed by atoms with van der Waals surface area (Å²) in [5.41, 5.74) is 1.30. The molecule has 158 valence electrons. The third-order valence-electron chi connectivity index (χ3n) is 4.95. The molecule has 0 spiro atoms. The minimum Gasteiger partial charge on any atom is -0.442 e. The zero-order valence-corrected chi connectivity index (χ0v) is 18.3. The number of likely N-dealkylation sites (N-methyl/N-ethyl adjacent to an activating group) is 1. The Bertz CT molecular complexity index is 1070. The van der Waals surface area contributed by atoms with Crippen LogP contribution >= 0.6 is 11.6 Å². The number of aromatic nitrogens is 4. The van der Waals surface area contributed by atoms with Crippen molar-refractivity contribution in [3.8, 4) is 11.3 Å². The summed E-state index contributed by atoms with van der Waals surface area (Å²) in [5.74, 6) is 0.933. The zero-order chi connectivity index (χ0) is 21.5. The van der Waals surface area contributed by atoms with E-state index in [1.165, 1.54) is 10.9 Å². The molecule has 1 aliphatic heterocycles. The van der Waals surface area contributed by atoms with Gasteiger partial charge in [-0.1, -0.05) is 11.6 Å². The molecular formula is C21H25ClN6O2. The monoisotopic (exact) mass is 428 g/mol. The Kier molecular flexibility index (Phi) is 5.38. The maximum Gasteiger partial charge on any atom is 0.435 e. The van der Waals surface area contributed by atoms with E-state index >= 15 is 0 Å². The van der Waals surface area contributed by atoms with Crippen LogP contribution in [0.15, 0.2) is 30.6 Å². The number of pyridine rings is 2. The fourth-order valence-electron chi connectivity index (χ4n) is 3.40. The standard InChI is InChI=1S/C21H25ClN6O2/c1-21(2,3)30-20(29)28-16-13-23-17(22)11-15(16)19(25-28)14-5-6-18(24-12-14)27-9-7-26(4)8-10-27/h5-6,11-13H,7-10H2,1-4H3. The Hall–Kier alpha value is -2.71. The Morgan fingerprint density at radius 2 is 1.83 bits per heavy atom. The van der Waals surface area contributed by atoms with Crippen LogP contribution in [0, 0.1) is 0 Å². The van der Waals surface area contributed by atoms with Gasteiger partial charge in [0.15, 0.2) is 0 Å². The molecule has 0 atom stereocenters.